The number of piperidine rings is 1. The molecule has 3 unspecified atom stereocenters. The van der Waals surface area contributed by atoms with E-state index in [2.05, 4.69) is 24.1 Å². The SMILES string of the molecule is CCCC(CN1CCCC2CCCC21)NCC. The molecule has 2 nitrogen and oxygen atoms in total. The predicted octanol–water partition coefficient (Wildman–Crippen LogP) is 3.03. The van der Waals surface area contributed by atoms with Gasteiger partial charge in [0.1, 0.15) is 0 Å². The van der Waals surface area contributed by atoms with Crippen LogP contribution in [0.2, 0.25) is 0 Å². The molecule has 0 aromatic carbocycles. The number of rotatable bonds is 6. The molecule has 3 atom stereocenters. The van der Waals surface area contributed by atoms with Crippen LogP contribution in [0.1, 0.15) is 58.8 Å². The Morgan fingerprint density at radius 1 is 1.18 bits per heavy atom. The van der Waals surface area contributed by atoms with Crippen LogP contribution in [0.25, 0.3) is 0 Å². The van der Waals surface area contributed by atoms with Crippen LogP contribution < -0.4 is 5.32 Å². The molecule has 2 rings (SSSR count). The predicted molar refractivity (Wildman–Crippen MR) is 74.3 cm³/mol. The number of fused-ring (bicyclic) bond motifs is 1. The number of likely N-dealkylation sites (tertiary alicyclic amines) is 1. The Kier molecular flexibility index (Phi) is 5.30. The summed E-state index contributed by atoms with van der Waals surface area (Å²) >= 11 is 0. The fourth-order valence-electron chi connectivity index (χ4n) is 3.96. The van der Waals surface area contributed by atoms with Gasteiger partial charge in [-0.3, -0.25) is 4.90 Å². The van der Waals surface area contributed by atoms with Crippen LogP contribution in [0.4, 0.5) is 0 Å². The Balaban J connectivity index is 1.86. The Hall–Kier alpha value is -0.0800. The molecule has 0 bridgehead atoms. The van der Waals surface area contributed by atoms with Crippen LogP contribution in [-0.4, -0.2) is 36.6 Å². The Morgan fingerprint density at radius 3 is 2.76 bits per heavy atom. The number of hydrogen-bond donors (Lipinski definition) is 1. The van der Waals surface area contributed by atoms with E-state index >= 15 is 0 Å². The molecule has 1 heterocycles. The maximum atomic E-state index is 3.67. The van der Waals surface area contributed by atoms with Crippen LogP contribution in [0.3, 0.4) is 0 Å². The van der Waals surface area contributed by atoms with E-state index in [1.54, 1.807) is 0 Å². The first kappa shape index (κ1) is 13.4. The molecular weight excluding hydrogens is 208 g/mol. The lowest BCUT2D eigenvalue weighted by molar-refractivity contribution is 0.0998. The Morgan fingerprint density at radius 2 is 2.00 bits per heavy atom. The first-order valence-electron chi connectivity index (χ1n) is 7.82. The van der Waals surface area contributed by atoms with Gasteiger partial charge in [0.25, 0.3) is 0 Å². The quantitative estimate of drug-likeness (QED) is 0.765. The van der Waals surface area contributed by atoms with E-state index in [9.17, 15) is 0 Å². The molecule has 0 amide bonds. The number of hydrogen-bond acceptors (Lipinski definition) is 2. The van der Waals surface area contributed by atoms with Gasteiger partial charge in [-0.25, -0.2) is 0 Å². The number of likely N-dealkylation sites (N-methyl/N-ethyl adjacent to an activating group) is 1. The Bertz CT molecular complexity index is 211. The van der Waals surface area contributed by atoms with E-state index in [4.69, 9.17) is 0 Å². The molecule has 1 aliphatic heterocycles. The molecule has 2 heteroatoms. The van der Waals surface area contributed by atoms with E-state index in [1.807, 2.05) is 0 Å². The lowest BCUT2D eigenvalue weighted by Gasteiger charge is -2.39. The molecule has 1 N–H and O–H groups in total. The van der Waals surface area contributed by atoms with Crippen molar-refractivity contribution in [2.45, 2.75) is 70.9 Å². The minimum atomic E-state index is 0.726. The topological polar surface area (TPSA) is 15.3 Å². The third kappa shape index (κ3) is 3.45. The van der Waals surface area contributed by atoms with Gasteiger partial charge < -0.3 is 5.32 Å². The van der Waals surface area contributed by atoms with Crippen LogP contribution in [0, 0.1) is 5.92 Å². The van der Waals surface area contributed by atoms with E-state index in [-0.39, 0.29) is 0 Å². The molecule has 17 heavy (non-hydrogen) atoms. The summed E-state index contributed by atoms with van der Waals surface area (Å²) in [5, 5.41) is 3.67. The third-order valence-electron chi connectivity index (χ3n) is 4.69. The molecule has 2 aliphatic rings. The summed E-state index contributed by atoms with van der Waals surface area (Å²) in [6.45, 7) is 8.30. The van der Waals surface area contributed by atoms with E-state index < -0.39 is 0 Å². The summed E-state index contributed by atoms with van der Waals surface area (Å²) in [6.07, 6.45) is 10.0. The zero-order valence-electron chi connectivity index (χ0n) is 11.8. The highest BCUT2D eigenvalue weighted by Gasteiger charge is 2.35. The van der Waals surface area contributed by atoms with E-state index in [0.29, 0.717) is 0 Å². The first-order chi connectivity index (χ1) is 8.35. The minimum absolute atomic E-state index is 0.726. The lowest BCUT2D eigenvalue weighted by atomic mass is 9.91. The number of nitrogens with one attached hydrogen (secondary N) is 1. The highest BCUT2D eigenvalue weighted by atomic mass is 15.2. The standard InChI is InChI=1S/C15H30N2/c1-3-7-14(16-4-2)12-17-11-6-9-13-8-5-10-15(13)17/h13-16H,3-12H2,1-2H3. The summed E-state index contributed by atoms with van der Waals surface area (Å²) in [5.41, 5.74) is 0. The van der Waals surface area contributed by atoms with Gasteiger partial charge in [0.2, 0.25) is 0 Å². The average molecular weight is 238 g/mol. The highest BCUT2D eigenvalue weighted by molar-refractivity contribution is 4.90. The van der Waals surface area contributed by atoms with Gasteiger partial charge in [0.05, 0.1) is 0 Å². The van der Waals surface area contributed by atoms with Gasteiger partial charge in [-0.1, -0.05) is 26.7 Å². The second-order valence-electron chi connectivity index (χ2n) is 5.94. The van der Waals surface area contributed by atoms with Crippen LogP contribution in [-0.2, 0) is 0 Å². The smallest absolute Gasteiger partial charge is 0.0194 e. The summed E-state index contributed by atoms with van der Waals surface area (Å²) in [4.78, 5) is 2.81. The molecule has 1 saturated heterocycles. The monoisotopic (exact) mass is 238 g/mol. The van der Waals surface area contributed by atoms with Crippen molar-refractivity contribution in [3.63, 3.8) is 0 Å². The summed E-state index contributed by atoms with van der Waals surface area (Å²) in [7, 11) is 0. The van der Waals surface area contributed by atoms with Gasteiger partial charge in [0.15, 0.2) is 0 Å². The average Bonchev–Trinajstić information content (AvgIpc) is 2.79. The van der Waals surface area contributed by atoms with Crippen molar-refractivity contribution in [1.29, 1.82) is 0 Å². The molecule has 0 aromatic rings. The maximum Gasteiger partial charge on any atom is 0.0194 e. The molecule has 0 spiro atoms. The van der Waals surface area contributed by atoms with E-state index in [0.717, 1.165) is 24.5 Å². The van der Waals surface area contributed by atoms with Crippen molar-refractivity contribution in [3.05, 3.63) is 0 Å². The van der Waals surface area contributed by atoms with Crippen molar-refractivity contribution in [1.82, 2.24) is 10.2 Å². The van der Waals surface area contributed by atoms with Crippen molar-refractivity contribution in [2.75, 3.05) is 19.6 Å². The molecule has 0 aromatic heterocycles. The van der Waals surface area contributed by atoms with Gasteiger partial charge in [-0.05, 0) is 51.1 Å². The molecule has 2 fully saturated rings. The lowest BCUT2D eigenvalue weighted by Crippen LogP contribution is -2.49. The first-order valence-corrected chi connectivity index (χ1v) is 7.82. The fourth-order valence-corrected chi connectivity index (χ4v) is 3.96. The van der Waals surface area contributed by atoms with Crippen LogP contribution in [0.15, 0.2) is 0 Å². The zero-order chi connectivity index (χ0) is 12.1. The largest absolute Gasteiger partial charge is 0.313 e. The summed E-state index contributed by atoms with van der Waals surface area (Å²) in [5.74, 6) is 1.03. The second-order valence-corrected chi connectivity index (χ2v) is 5.94. The van der Waals surface area contributed by atoms with Crippen molar-refractivity contribution in [2.24, 2.45) is 5.92 Å². The van der Waals surface area contributed by atoms with E-state index in [1.165, 1.54) is 58.0 Å². The van der Waals surface area contributed by atoms with Gasteiger partial charge in [-0.15, -0.1) is 0 Å². The minimum Gasteiger partial charge on any atom is -0.313 e. The van der Waals surface area contributed by atoms with Crippen molar-refractivity contribution in [3.8, 4) is 0 Å². The fraction of sp³-hybridized carbons (Fsp3) is 1.00. The second kappa shape index (κ2) is 6.75. The normalized spacial score (nSPS) is 31.4. The van der Waals surface area contributed by atoms with Crippen LogP contribution in [0.5, 0.6) is 0 Å². The Labute approximate surface area is 107 Å². The summed E-state index contributed by atoms with van der Waals surface area (Å²) < 4.78 is 0. The maximum absolute atomic E-state index is 3.67. The molecule has 1 aliphatic carbocycles. The van der Waals surface area contributed by atoms with Gasteiger partial charge in [0, 0.05) is 18.6 Å². The van der Waals surface area contributed by atoms with Crippen molar-refractivity contribution >= 4 is 0 Å². The third-order valence-corrected chi connectivity index (χ3v) is 4.69. The number of nitrogens with zero attached hydrogens (tertiary/aromatic N) is 1. The van der Waals surface area contributed by atoms with Crippen LogP contribution >= 0.6 is 0 Å². The molecular formula is C15H30N2. The highest BCUT2D eigenvalue weighted by Crippen LogP contribution is 2.36. The zero-order valence-corrected chi connectivity index (χ0v) is 11.8. The molecule has 1 saturated carbocycles. The summed E-state index contributed by atoms with van der Waals surface area (Å²) in [6, 6.07) is 1.66. The van der Waals surface area contributed by atoms with Gasteiger partial charge >= 0.3 is 0 Å². The van der Waals surface area contributed by atoms with Crippen molar-refractivity contribution < 1.29 is 0 Å². The van der Waals surface area contributed by atoms with Gasteiger partial charge in [-0.2, -0.15) is 0 Å². The molecule has 100 valence electrons. The molecule has 0 radical (unpaired) electrons.